The van der Waals surface area contributed by atoms with E-state index in [1.165, 1.54) is 0 Å². The Hall–Kier alpha value is -2.86. The summed E-state index contributed by atoms with van der Waals surface area (Å²) in [6.45, 7) is 2.20. The Morgan fingerprint density at radius 1 is 1.31 bits per heavy atom. The highest BCUT2D eigenvalue weighted by Gasteiger charge is 2.37. The molecule has 0 aliphatic carbocycles. The highest BCUT2D eigenvalue weighted by atomic mass is 35.5. The largest absolute Gasteiger partial charge is 0.325 e. The van der Waals surface area contributed by atoms with Crippen molar-refractivity contribution in [2.75, 3.05) is 16.8 Å². The average molecular weight is 369 g/mol. The number of carbonyl (C=O) groups is 2. The number of hydrogen-bond acceptors (Lipinski definition) is 3. The van der Waals surface area contributed by atoms with Crippen molar-refractivity contribution < 1.29 is 9.59 Å². The first kappa shape index (κ1) is 16.6. The maximum Gasteiger partial charge on any atom is 0.229 e. The van der Waals surface area contributed by atoms with Gasteiger partial charge in [0.2, 0.25) is 11.8 Å². The molecule has 1 saturated heterocycles. The van der Waals surface area contributed by atoms with Crippen LogP contribution in [0.2, 0.25) is 5.02 Å². The van der Waals surface area contributed by atoms with Gasteiger partial charge in [-0.25, -0.2) is 0 Å². The third kappa shape index (κ3) is 2.93. The third-order valence-electron chi connectivity index (χ3n) is 4.66. The van der Waals surface area contributed by atoms with Gasteiger partial charge in [0.25, 0.3) is 0 Å². The van der Waals surface area contributed by atoms with E-state index in [1.807, 2.05) is 37.3 Å². The number of anilines is 2. The van der Waals surface area contributed by atoms with E-state index in [4.69, 9.17) is 11.6 Å². The number of halogens is 1. The number of hydrogen-bond donors (Lipinski definition) is 2. The lowest BCUT2D eigenvalue weighted by molar-refractivity contribution is -0.122. The fourth-order valence-corrected chi connectivity index (χ4v) is 3.38. The van der Waals surface area contributed by atoms with Gasteiger partial charge in [-0.2, -0.15) is 5.10 Å². The van der Waals surface area contributed by atoms with Gasteiger partial charge in [-0.1, -0.05) is 29.8 Å². The molecule has 1 aliphatic rings. The molecule has 0 saturated carbocycles. The van der Waals surface area contributed by atoms with E-state index in [1.54, 1.807) is 17.0 Å². The molecule has 2 amide bonds. The number of para-hydroxylation sites is 1. The molecule has 0 spiro atoms. The molecule has 1 aromatic heterocycles. The van der Waals surface area contributed by atoms with Crippen molar-refractivity contribution in [1.29, 1.82) is 0 Å². The van der Waals surface area contributed by atoms with Crippen molar-refractivity contribution in [2.45, 2.75) is 13.3 Å². The van der Waals surface area contributed by atoms with Gasteiger partial charge >= 0.3 is 0 Å². The predicted octanol–water partition coefficient (Wildman–Crippen LogP) is 3.52. The van der Waals surface area contributed by atoms with Crippen LogP contribution < -0.4 is 10.2 Å². The summed E-state index contributed by atoms with van der Waals surface area (Å²) in [6, 6.07) is 12.9. The highest BCUT2D eigenvalue weighted by Crippen LogP contribution is 2.30. The van der Waals surface area contributed by atoms with E-state index in [0.717, 1.165) is 16.5 Å². The smallest absolute Gasteiger partial charge is 0.229 e. The minimum absolute atomic E-state index is 0.106. The number of rotatable bonds is 3. The molecule has 2 heterocycles. The zero-order valence-corrected chi connectivity index (χ0v) is 14.9. The summed E-state index contributed by atoms with van der Waals surface area (Å²) in [6.07, 6.45) is 0.159. The van der Waals surface area contributed by atoms with E-state index in [0.29, 0.717) is 23.1 Å². The second kappa shape index (κ2) is 6.46. The number of nitrogens with zero attached hydrogens (tertiary/aromatic N) is 2. The summed E-state index contributed by atoms with van der Waals surface area (Å²) in [5, 5.41) is 11.5. The van der Waals surface area contributed by atoms with Crippen molar-refractivity contribution in [3.8, 4) is 0 Å². The number of H-pyrrole nitrogens is 1. The monoisotopic (exact) mass is 368 g/mol. The van der Waals surface area contributed by atoms with E-state index >= 15 is 0 Å². The van der Waals surface area contributed by atoms with Crippen LogP contribution in [0.4, 0.5) is 11.5 Å². The molecule has 1 aliphatic heterocycles. The van der Waals surface area contributed by atoms with Gasteiger partial charge < -0.3 is 5.32 Å². The van der Waals surface area contributed by atoms with Crippen LogP contribution >= 0.6 is 11.6 Å². The Morgan fingerprint density at radius 2 is 2.12 bits per heavy atom. The minimum Gasteiger partial charge on any atom is -0.325 e. The van der Waals surface area contributed by atoms with Crippen molar-refractivity contribution in [2.24, 2.45) is 5.92 Å². The zero-order valence-electron chi connectivity index (χ0n) is 14.1. The number of amides is 2. The quantitative estimate of drug-likeness (QED) is 0.742. The molecule has 6 nitrogen and oxygen atoms in total. The number of fused-ring (bicyclic) bond motifs is 1. The molecule has 1 unspecified atom stereocenters. The summed E-state index contributed by atoms with van der Waals surface area (Å²) >= 11 is 6.00. The summed E-state index contributed by atoms with van der Waals surface area (Å²) in [4.78, 5) is 26.7. The lowest BCUT2D eigenvalue weighted by Crippen LogP contribution is -2.28. The van der Waals surface area contributed by atoms with Gasteiger partial charge in [0.1, 0.15) is 0 Å². The molecule has 1 atom stereocenters. The summed E-state index contributed by atoms with van der Waals surface area (Å²) in [7, 11) is 0. The van der Waals surface area contributed by atoms with Crippen LogP contribution in [0, 0.1) is 12.8 Å². The molecule has 2 N–H and O–H groups in total. The van der Waals surface area contributed by atoms with E-state index in [9.17, 15) is 9.59 Å². The normalized spacial score (nSPS) is 17.1. The van der Waals surface area contributed by atoms with Crippen LogP contribution in [0.5, 0.6) is 0 Å². The Labute approximate surface area is 155 Å². The SMILES string of the molecule is Cc1ccc(Cl)cc1NC(=O)C1CC(=O)N(c2n[nH]c3ccccc23)C1. The molecule has 2 aromatic carbocycles. The van der Waals surface area contributed by atoms with E-state index < -0.39 is 5.92 Å². The predicted molar refractivity (Wildman–Crippen MR) is 101 cm³/mol. The van der Waals surface area contributed by atoms with Crippen LogP contribution in [0.1, 0.15) is 12.0 Å². The first-order valence-corrected chi connectivity index (χ1v) is 8.71. The van der Waals surface area contributed by atoms with Crippen LogP contribution in [0.3, 0.4) is 0 Å². The molecular weight excluding hydrogens is 352 g/mol. The fourth-order valence-electron chi connectivity index (χ4n) is 3.21. The van der Waals surface area contributed by atoms with E-state index in [-0.39, 0.29) is 18.2 Å². The molecule has 1 fully saturated rings. The number of aryl methyl sites for hydroxylation is 1. The van der Waals surface area contributed by atoms with Crippen LogP contribution in [-0.2, 0) is 9.59 Å². The number of benzene rings is 2. The van der Waals surface area contributed by atoms with E-state index in [2.05, 4.69) is 15.5 Å². The maximum atomic E-state index is 12.6. The average Bonchev–Trinajstić information content (AvgIpc) is 3.21. The second-order valence-electron chi connectivity index (χ2n) is 6.45. The van der Waals surface area contributed by atoms with Crippen LogP contribution in [0.25, 0.3) is 10.9 Å². The van der Waals surface area contributed by atoms with Crippen molar-refractivity contribution in [3.63, 3.8) is 0 Å². The van der Waals surface area contributed by atoms with Gasteiger partial charge in [0.15, 0.2) is 5.82 Å². The lowest BCUT2D eigenvalue weighted by Gasteiger charge is -2.15. The number of carbonyl (C=O) groups excluding carboxylic acids is 2. The first-order valence-electron chi connectivity index (χ1n) is 8.33. The fraction of sp³-hybridized carbons (Fsp3) is 0.211. The minimum atomic E-state index is -0.434. The first-order chi connectivity index (χ1) is 12.5. The molecule has 0 radical (unpaired) electrons. The van der Waals surface area contributed by atoms with Crippen molar-refractivity contribution in [1.82, 2.24) is 10.2 Å². The Balaban J connectivity index is 1.54. The van der Waals surface area contributed by atoms with Crippen molar-refractivity contribution in [3.05, 3.63) is 53.1 Å². The standard InChI is InChI=1S/C19H17ClN4O2/c1-11-6-7-13(20)9-16(11)21-19(26)12-8-17(25)24(10-12)18-14-4-2-3-5-15(14)22-23-18/h2-7,9,12H,8,10H2,1H3,(H,21,26)(H,22,23). The molecule has 3 aromatic rings. The highest BCUT2D eigenvalue weighted by molar-refractivity contribution is 6.31. The second-order valence-corrected chi connectivity index (χ2v) is 6.88. The van der Waals surface area contributed by atoms with Gasteiger partial charge in [-0.15, -0.1) is 0 Å². The number of nitrogens with one attached hydrogen (secondary N) is 2. The third-order valence-corrected chi connectivity index (χ3v) is 4.89. The van der Waals surface area contributed by atoms with Crippen LogP contribution in [-0.4, -0.2) is 28.6 Å². The van der Waals surface area contributed by atoms with Crippen LogP contribution in [0.15, 0.2) is 42.5 Å². The Kier molecular flexibility index (Phi) is 4.12. The summed E-state index contributed by atoms with van der Waals surface area (Å²) in [5.74, 6) is -0.160. The van der Waals surface area contributed by atoms with Gasteiger partial charge in [0.05, 0.1) is 11.4 Å². The molecule has 4 rings (SSSR count). The van der Waals surface area contributed by atoms with Gasteiger partial charge in [0, 0.05) is 29.1 Å². The number of aromatic nitrogens is 2. The molecular formula is C19H17ClN4O2. The van der Waals surface area contributed by atoms with Crippen molar-refractivity contribution >= 4 is 45.8 Å². The van der Waals surface area contributed by atoms with Gasteiger partial charge in [-0.3, -0.25) is 19.6 Å². The Bertz CT molecular complexity index is 1010. The lowest BCUT2D eigenvalue weighted by atomic mass is 10.1. The van der Waals surface area contributed by atoms with Gasteiger partial charge in [-0.05, 0) is 36.8 Å². The summed E-state index contributed by atoms with van der Waals surface area (Å²) < 4.78 is 0. The topological polar surface area (TPSA) is 78.1 Å². The summed E-state index contributed by atoms with van der Waals surface area (Å²) in [5.41, 5.74) is 2.44. The molecule has 132 valence electrons. The molecule has 0 bridgehead atoms. The molecule has 7 heteroatoms. The number of aromatic amines is 1. The maximum absolute atomic E-state index is 12.6. The Morgan fingerprint density at radius 3 is 2.96 bits per heavy atom. The molecule has 26 heavy (non-hydrogen) atoms. The zero-order chi connectivity index (χ0) is 18.3.